The second kappa shape index (κ2) is 24.1. The molecule has 0 bridgehead atoms. The van der Waals surface area contributed by atoms with Gasteiger partial charge >= 0.3 is 0 Å². The molecule has 0 unspecified atom stereocenters. The first-order valence-electron chi connectivity index (χ1n) is 23.9. The van der Waals surface area contributed by atoms with Gasteiger partial charge in [0, 0.05) is 25.6 Å². The molecule has 2 heterocycles. The van der Waals surface area contributed by atoms with Crippen LogP contribution >= 0.6 is 24.8 Å². The predicted molar refractivity (Wildman–Crippen MR) is 270 cm³/mol. The van der Waals surface area contributed by atoms with Gasteiger partial charge in [-0.3, -0.25) is 28.8 Å². The third kappa shape index (κ3) is 13.8. The molecule has 6 amide bonds. The summed E-state index contributed by atoms with van der Waals surface area (Å²) < 4.78 is 1.62. The van der Waals surface area contributed by atoms with Gasteiger partial charge in [0.15, 0.2) is 0 Å². The summed E-state index contributed by atoms with van der Waals surface area (Å²) in [5.74, 6) is -2.31. The van der Waals surface area contributed by atoms with Crippen LogP contribution in [-0.2, 0) is 48.0 Å². The molecule has 1 aromatic heterocycles. The van der Waals surface area contributed by atoms with Crippen molar-refractivity contribution >= 4 is 60.3 Å². The van der Waals surface area contributed by atoms with Crippen LogP contribution in [0.15, 0.2) is 54.7 Å². The summed E-state index contributed by atoms with van der Waals surface area (Å²) >= 11 is 0. The number of carbonyl (C=O) groups is 6. The molecule has 7 N–H and O–H groups in total. The van der Waals surface area contributed by atoms with E-state index in [1.165, 1.54) is 11.1 Å². The van der Waals surface area contributed by atoms with Gasteiger partial charge in [-0.15, -0.1) is 29.9 Å². The average molecular weight is 997 g/mol. The van der Waals surface area contributed by atoms with Crippen LogP contribution in [0.3, 0.4) is 0 Å². The molecule has 1 fully saturated rings. The molecule has 17 nitrogen and oxygen atoms in total. The van der Waals surface area contributed by atoms with E-state index in [-0.39, 0.29) is 79.9 Å². The van der Waals surface area contributed by atoms with Gasteiger partial charge in [-0.1, -0.05) is 95.3 Å². The van der Waals surface area contributed by atoms with E-state index >= 15 is 0 Å². The van der Waals surface area contributed by atoms with Crippen molar-refractivity contribution in [2.75, 3.05) is 20.6 Å². The van der Waals surface area contributed by atoms with Crippen molar-refractivity contribution < 1.29 is 28.8 Å². The van der Waals surface area contributed by atoms with Crippen LogP contribution in [0.1, 0.15) is 134 Å². The normalized spacial score (nSPS) is 21.0. The molecule has 380 valence electrons. The van der Waals surface area contributed by atoms with E-state index in [2.05, 4.69) is 59.7 Å². The van der Waals surface area contributed by atoms with Crippen LogP contribution in [-0.4, -0.2) is 112 Å². The first-order valence-corrected chi connectivity index (χ1v) is 23.9. The van der Waals surface area contributed by atoms with Crippen molar-refractivity contribution in [3.8, 4) is 0 Å². The number of nitrogens with one attached hydrogen (secondary N) is 7. The quantitative estimate of drug-likeness (QED) is 0.110. The monoisotopic (exact) mass is 996 g/mol. The molecule has 0 radical (unpaired) electrons. The summed E-state index contributed by atoms with van der Waals surface area (Å²) in [6.45, 7) is 14.7. The van der Waals surface area contributed by atoms with Gasteiger partial charge in [0.2, 0.25) is 35.4 Å². The third-order valence-electron chi connectivity index (χ3n) is 13.7. The Bertz CT molecular complexity index is 2280. The van der Waals surface area contributed by atoms with E-state index in [0.29, 0.717) is 5.69 Å². The van der Waals surface area contributed by atoms with Gasteiger partial charge < -0.3 is 42.1 Å². The first kappa shape index (κ1) is 56.5. The molecule has 69 heavy (non-hydrogen) atoms. The number of hydrogen-bond donors (Lipinski definition) is 7. The van der Waals surface area contributed by atoms with E-state index in [1.54, 1.807) is 43.7 Å². The Morgan fingerprint density at radius 3 is 1.71 bits per heavy atom. The summed E-state index contributed by atoms with van der Waals surface area (Å²) in [4.78, 5) is 85.9. The van der Waals surface area contributed by atoms with Crippen LogP contribution < -0.4 is 37.2 Å². The fourth-order valence-electron chi connectivity index (χ4n) is 9.39. The number of aryl methyl sites for hydroxylation is 2. The minimum atomic E-state index is -1.11. The number of rotatable bonds is 16. The lowest BCUT2D eigenvalue weighted by atomic mass is 9.85. The second-order valence-electron chi connectivity index (χ2n) is 20.8. The zero-order chi connectivity index (χ0) is 48.8. The Morgan fingerprint density at radius 1 is 0.681 bits per heavy atom. The van der Waals surface area contributed by atoms with Crippen LogP contribution in [0, 0.1) is 10.8 Å². The molecule has 2 aromatic carbocycles. The van der Waals surface area contributed by atoms with Crippen molar-refractivity contribution in [3.05, 3.63) is 82.7 Å². The molecular weight excluding hydrogens is 922 g/mol. The SMILES string of the molecule is CN[C@@H](C)C(=O)N[C@H](C(=O)N[C@@H](Cc1cn([C@H]2C[C@@H](C(=O)N[C@@H]3CCCc4ccccc43)N(C(=O)[C@@H](NC(=O)[C@H](C)NC)C(C)(C)C)C2)nn1)C(=O)N[C@@H]1CCCc2ccccc21)C(C)(C)C.Cl.Cl. The van der Waals surface area contributed by atoms with E-state index in [4.69, 9.17) is 0 Å². The number of likely N-dealkylation sites (N-methyl/N-ethyl adjacent to an activating group) is 2. The van der Waals surface area contributed by atoms with Crippen molar-refractivity contribution in [2.45, 2.75) is 161 Å². The third-order valence-corrected chi connectivity index (χ3v) is 13.7. The standard InChI is InChI=1S/C50H73N11O6.2ClH/c1-29(51-9)43(62)56-41(49(3,4)5)47(66)55-39(45(64)53-37-23-15-19-31-17-11-13-21-35(31)37)25-33-27-61(59-58-33)34-26-40(46(65)54-38-24-16-20-32-18-12-14-22-36(32)38)60(28-34)48(67)42(50(6,7)8)57-44(63)30(2)52-10;;/h11-14,17-18,21-22,27,29-30,34,37-42,51-52H,15-16,19-20,23-26,28H2,1-10H3,(H,53,64)(H,54,65)(H,55,66)(H,56,62)(H,57,63);2*1H/t29-,30-,34-,37+,38+,39-,40-,41+,42+;;/m0../s1. The number of aromatic nitrogens is 3. The van der Waals surface area contributed by atoms with Crippen LogP contribution in [0.25, 0.3) is 0 Å². The minimum Gasteiger partial charge on any atom is -0.347 e. The van der Waals surface area contributed by atoms with Crippen LogP contribution in [0.5, 0.6) is 0 Å². The van der Waals surface area contributed by atoms with Gasteiger partial charge in [-0.2, -0.15) is 0 Å². The second-order valence-corrected chi connectivity index (χ2v) is 20.8. The smallest absolute Gasteiger partial charge is 0.246 e. The highest BCUT2D eigenvalue weighted by atomic mass is 35.5. The number of nitrogens with zero attached hydrogens (tertiary/aromatic N) is 4. The Morgan fingerprint density at radius 2 is 1.19 bits per heavy atom. The molecule has 9 atom stereocenters. The number of hydrogen-bond acceptors (Lipinski definition) is 10. The van der Waals surface area contributed by atoms with Crippen molar-refractivity contribution in [3.63, 3.8) is 0 Å². The summed E-state index contributed by atoms with van der Waals surface area (Å²) in [7, 11) is 3.33. The first-order chi connectivity index (χ1) is 31.7. The molecule has 2 aliphatic carbocycles. The van der Waals surface area contributed by atoms with E-state index in [9.17, 15) is 28.8 Å². The zero-order valence-electron chi connectivity index (χ0n) is 41.8. The molecule has 1 saturated heterocycles. The minimum absolute atomic E-state index is 0. The highest BCUT2D eigenvalue weighted by Gasteiger charge is 2.47. The number of likely N-dealkylation sites (tertiary alicyclic amines) is 1. The Kier molecular flexibility index (Phi) is 19.8. The van der Waals surface area contributed by atoms with Gasteiger partial charge in [0.05, 0.1) is 35.9 Å². The molecule has 0 saturated carbocycles. The summed E-state index contributed by atoms with van der Waals surface area (Å²) in [6.07, 6.45) is 7.01. The predicted octanol–water partition coefficient (Wildman–Crippen LogP) is 3.96. The van der Waals surface area contributed by atoms with E-state index in [1.807, 2.05) is 77.9 Å². The molecule has 6 rings (SSSR count). The Hall–Kier alpha value is -5.10. The number of amides is 6. The largest absolute Gasteiger partial charge is 0.347 e. The topological polar surface area (TPSA) is 221 Å². The number of benzene rings is 2. The lowest BCUT2D eigenvalue weighted by Gasteiger charge is -2.36. The van der Waals surface area contributed by atoms with Crippen LogP contribution in [0.2, 0.25) is 0 Å². The fraction of sp³-hybridized carbons (Fsp3) is 0.600. The van der Waals surface area contributed by atoms with Gasteiger partial charge in [-0.25, -0.2) is 4.68 Å². The number of fused-ring (bicyclic) bond motifs is 2. The van der Waals surface area contributed by atoms with Gasteiger partial charge in [0.25, 0.3) is 0 Å². The zero-order valence-corrected chi connectivity index (χ0v) is 43.4. The fourth-order valence-corrected chi connectivity index (χ4v) is 9.39. The summed E-state index contributed by atoms with van der Waals surface area (Å²) in [5, 5.41) is 30.1. The Labute approximate surface area is 419 Å². The highest BCUT2D eigenvalue weighted by molar-refractivity contribution is 5.95. The maximum Gasteiger partial charge on any atom is 0.246 e. The summed E-state index contributed by atoms with van der Waals surface area (Å²) in [5.41, 5.74) is 3.44. The van der Waals surface area contributed by atoms with Gasteiger partial charge in [0.1, 0.15) is 24.2 Å². The van der Waals surface area contributed by atoms with Crippen molar-refractivity contribution in [2.24, 2.45) is 10.8 Å². The highest BCUT2D eigenvalue weighted by Crippen LogP contribution is 2.34. The molecule has 0 spiro atoms. The lowest BCUT2D eigenvalue weighted by Crippen LogP contribution is -2.60. The summed E-state index contributed by atoms with van der Waals surface area (Å²) in [6, 6.07) is 10.1. The number of carbonyl (C=O) groups excluding carboxylic acids is 6. The van der Waals surface area contributed by atoms with Crippen molar-refractivity contribution in [1.29, 1.82) is 0 Å². The van der Waals surface area contributed by atoms with E-state index < -0.39 is 64.9 Å². The molecule has 19 heteroatoms. The maximum absolute atomic E-state index is 14.8. The lowest BCUT2D eigenvalue weighted by molar-refractivity contribution is -0.144. The van der Waals surface area contributed by atoms with Crippen LogP contribution in [0.4, 0.5) is 0 Å². The van der Waals surface area contributed by atoms with Gasteiger partial charge in [-0.05, 0) is 99.6 Å². The maximum atomic E-state index is 14.8. The molecular formula is C50H75Cl2N11O6. The molecule has 3 aromatic rings. The molecule has 1 aliphatic heterocycles. The van der Waals surface area contributed by atoms with Crippen molar-refractivity contribution in [1.82, 2.24) is 57.1 Å². The van der Waals surface area contributed by atoms with E-state index in [0.717, 1.165) is 49.7 Å². The number of halogens is 2. The average Bonchev–Trinajstić information content (AvgIpc) is 3.96. The Balaban J connectivity index is 0.00000518. The molecule has 3 aliphatic rings.